The second kappa shape index (κ2) is 6.91. The lowest BCUT2D eigenvalue weighted by Gasteiger charge is -2.12. The van der Waals surface area contributed by atoms with Crippen LogP contribution in [0, 0.1) is 6.92 Å². The van der Waals surface area contributed by atoms with Crippen molar-refractivity contribution in [2.75, 3.05) is 12.4 Å². The number of nitrogens with zero attached hydrogens (tertiary/aromatic N) is 4. The average Bonchev–Trinajstić information content (AvgIpc) is 2.64. The Labute approximate surface area is 144 Å². The van der Waals surface area contributed by atoms with E-state index in [0.29, 0.717) is 34.5 Å². The van der Waals surface area contributed by atoms with Crippen LogP contribution in [0.5, 0.6) is 11.6 Å². The highest BCUT2D eigenvalue weighted by Gasteiger charge is 2.14. The van der Waals surface area contributed by atoms with Gasteiger partial charge in [-0.2, -0.15) is 4.98 Å². The first kappa shape index (κ1) is 16.3. The molecule has 0 spiro atoms. The Morgan fingerprint density at radius 1 is 1.20 bits per heavy atom. The van der Waals surface area contributed by atoms with Crippen molar-refractivity contribution in [1.29, 1.82) is 0 Å². The second-order valence-corrected chi connectivity index (χ2v) is 5.19. The number of carbonyl (C=O) groups is 1. The highest BCUT2D eigenvalue weighted by Crippen LogP contribution is 2.31. The summed E-state index contributed by atoms with van der Waals surface area (Å²) in [6.45, 7) is 1.87. The SMILES string of the molecule is CNc1ncnc(-c2cccnc2Oc2cc(C(N)=O)ccc2C)n1. The molecule has 8 nitrogen and oxygen atoms in total. The van der Waals surface area contributed by atoms with Gasteiger partial charge in [0.05, 0.1) is 5.56 Å². The lowest BCUT2D eigenvalue weighted by molar-refractivity contribution is 0.1000. The molecule has 25 heavy (non-hydrogen) atoms. The molecular weight excluding hydrogens is 320 g/mol. The van der Waals surface area contributed by atoms with Gasteiger partial charge in [-0.25, -0.2) is 15.0 Å². The molecule has 0 bridgehead atoms. The van der Waals surface area contributed by atoms with Crippen LogP contribution in [0.1, 0.15) is 15.9 Å². The third-order valence-corrected chi connectivity index (χ3v) is 3.49. The molecule has 8 heteroatoms. The maximum atomic E-state index is 11.4. The van der Waals surface area contributed by atoms with Crippen molar-refractivity contribution in [1.82, 2.24) is 19.9 Å². The van der Waals surface area contributed by atoms with Crippen molar-refractivity contribution >= 4 is 11.9 Å². The number of primary amides is 1. The van der Waals surface area contributed by atoms with Gasteiger partial charge in [0.15, 0.2) is 5.82 Å². The first-order valence-corrected chi connectivity index (χ1v) is 7.49. The van der Waals surface area contributed by atoms with E-state index < -0.39 is 5.91 Å². The van der Waals surface area contributed by atoms with E-state index in [4.69, 9.17) is 10.5 Å². The van der Waals surface area contributed by atoms with E-state index in [2.05, 4.69) is 25.3 Å². The van der Waals surface area contributed by atoms with Gasteiger partial charge < -0.3 is 15.8 Å². The Morgan fingerprint density at radius 3 is 2.80 bits per heavy atom. The van der Waals surface area contributed by atoms with Gasteiger partial charge in [0.2, 0.25) is 17.7 Å². The summed E-state index contributed by atoms with van der Waals surface area (Å²) in [4.78, 5) is 28.1. The number of carbonyl (C=O) groups excluding carboxylic acids is 1. The second-order valence-electron chi connectivity index (χ2n) is 5.19. The predicted octanol–water partition coefficient (Wildman–Crippen LogP) is 2.17. The summed E-state index contributed by atoms with van der Waals surface area (Å²) in [5.41, 5.74) is 7.14. The Kier molecular flexibility index (Phi) is 4.51. The van der Waals surface area contributed by atoms with E-state index in [9.17, 15) is 4.79 Å². The Morgan fingerprint density at radius 2 is 2.04 bits per heavy atom. The number of amides is 1. The minimum absolute atomic E-state index is 0.320. The van der Waals surface area contributed by atoms with Gasteiger partial charge in [-0.05, 0) is 36.8 Å². The molecule has 0 radical (unpaired) electrons. The Hall–Kier alpha value is -3.55. The number of nitrogens with one attached hydrogen (secondary N) is 1. The smallest absolute Gasteiger partial charge is 0.248 e. The molecule has 1 amide bonds. The number of benzene rings is 1. The Bertz CT molecular complexity index is 929. The zero-order chi connectivity index (χ0) is 17.8. The number of pyridine rings is 1. The number of ether oxygens (including phenoxy) is 1. The molecule has 0 unspecified atom stereocenters. The summed E-state index contributed by atoms with van der Waals surface area (Å²) in [5, 5.41) is 2.86. The van der Waals surface area contributed by atoms with Crippen molar-refractivity contribution in [3.63, 3.8) is 0 Å². The molecule has 0 saturated heterocycles. The maximum Gasteiger partial charge on any atom is 0.248 e. The molecule has 0 saturated carbocycles. The Balaban J connectivity index is 2.02. The lowest BCUT2D eigenvalue weighted by Crippen LogP contribution is -2.11. The van der Waals surface area contributed by atoms with Crippen molar-refractivity contribution < 1.29 is 9.53 Å². The molecule has 0 fully saturated rings. The number of hydrogen-bond donors (Lipinski definition) is 2. The molecule has 3 rings (SSSR count). The summed E-state index contributed by atoms with van der Waals surface area (Å²) in [7, 11) is 1.72. The third kappa shape index (κ3) is 3.52. The van der Waals surface area contributed by atoms with Crippen LogP contribution in [0.15, 0.2) is 42.9 Å². The summed E-state index contributed by atoms with van der Waals surface area (Å²) < 4.78 is 5.92. The summed E-state index contributed by atoms with van der Waals surface area (Å²) in [5.74, 6) is 1.14. The van der Waals surface area contributed by atoms with Crippen LogP contribution in [-0.2, 0) is 0 Å². The van der Waals surface area contributed by atoms with Crippen LogP contribution in [-0.4, -0.2) is 32.9 Å². The van der Waals surface area contributed by atoms with Gasteiger partial charge in [0, 0.05) is 18.8 Å². The van der Waals surface area contributed by atoms with Crippen molar-refractivity contribution in [3.8, 4) is 23.0 Å². The lowest BCUT2D eigenvalue weighted by atomic mass is 10.1. The van der Waals surface area contributed by atoms with E-state index in [1.54, 1.807) is 43.6 Å². The molecule has 3 N–H and O–H groups in total. The van der Waals surface area contributed by atoms with Gasteiger partial charge >= 0.3 is 0 Å². The van der Waals surface area contributed by atoms with Gasteiger partial charge in [-0.15, -0.1) is 0 Å². The molecule has 126 valence electrons. The van der Waals surface area contributed by atoms with E-state index in [1.165, 1.54) is 6.33 Å². The highest BCUT2D eigenvalue weighted by molar-refractivity contribution is 5.93. The predicted molar refractivity (Wildman–Crippen MR) is 92.4 cm³/mol. The summed E-state index contributed by atoms with van der Waals surface area (Å²) in [6, 6.07) is 8.56. The molecule has 3 aromatic rings. The number of anilines is 1. The quantitative estimate of drug-likeness (QED) is 0.733. The van der Waals surface area contributed by atoms with Crippen LogP contribution in [0.4, 0.5) is 5.95 Å². The van der Waals surface area contributed by atoms with Crippen molar-refractivity contribution in [2.45, 2.75) is 6.92 Å². The molecule has 0 aliphatic heterocycles. The van der Waals surface area contributed by atoms with Gasteiger partial charge in [-0.3, -0.25) is 4.79 Å². The number of aryl methyl sites for hydroxylation is 1. The fourth-order valence-corrected chi connectivity index (χ4v) is 2.16. The monoisotopic (exact) mass is 336 g/mol. The van der Waals surface area contributed by atoms with Gasteiger partial charge in [0.1, 0.15) is 12.1 Å². The number of rotatable bonds is 5. The topological polar surface area (TPSA) is 116 Å². The van der Waals surface area contributed by atoms with Crippen LogP contribution in [0.2, 0.25) is 0 Å². The molecule has 2 heterocycles. The van der Waals surface area contributed by atoms with Crippen LogP contribution >= 0.6 is 0 Å². The number of hydrogen-bond acceptors (Lipinski definition) is 7. The first-order valence-electron chi connectivity index (χ1n) is 7.49. The van der Waals surface area contributed by atoms with Crippen molar-refractivity contribution in [2.24, 2.45) is 5.73 Å². The third-order valence-electron chi connectivity index (χ3n) is 3.49. The van der Waals surface area contributed by atoms with Crippen molar-refractivity contribution in [3.05, 3.63) is 54.0 Å². The summed E-state index contributed by atoms with van der Waals surface area (Å²) in [6.07, 6.45) is 3.01. The van der Waals surface area contributed by atoms with Crippen LogP contribution < -0.4 is 15.8 Å². The molecule has 0 aliphatic rings. The molecule has 1 aromatic carbocycles. The van der Waals surface area contributed by atoms with Crippen LogP contribution in [0.3, 0.4) is 0 Å². The fraction of sp³-hybridized carbons (Fsp3) is 0.118. The molecule has 2 aromatic heterocycles. The number of aromatic nitrogens is 4. The summed E-state index contributed by atoms with van der Waals surface area (Å²) >= 11 is 0. The largest absolute Gasteiger partial charge is 0.438 e. The van der Waals surface area contributed by atoms with E-state index in [0.717, 1.165) is 5.56 Å². The highest BCUT2D eigenvalue weighted by atomic mass is 16.5. The minimum Gasteiger partial charge on any atom is -0.438 e. The maximum absolute atomic E-state index is 11.4. The van der Waals surface area contributed by atoms with Gasteiger partial charge in [-0.1, -0.05) is 6.07 Å². The molecular formula is C17H16N6O2. The standard InChI is InChI=1S/C17H16N6O2/c1-10-5-6-11(14(18)24)8-13(10)25-16-12(4-3-7-20-16)15-21-9-22-17(19-2)23-15/h3-9H,1-2H3,(H2,18,24)(H,19,21,22,23). The van der Waals surface area contributed by atoms with E-state index in [1.807, 2.05) is 6.92 Å². The normalized spacial score (nSPS) is 10.3. The zero-order valence-electron chi connectivity index (χ0n) is 13.7. The molecule has 0 atom stereocenters. The number of nitrogens with two attached hydrogens (primary N) is 1. The molecule has 0 aliphatic carbocycles. The average molecular weight is 336 g/mol. The fourth-order valence-electron chi connectivity index (χ4n) is 2.16. The zero-order valence-corrected chi connectivity index (χ0v) is 13.7. The minimum atomic E-state index is -0.526. The van der Waals surface area contributed by atoms with E-state index in [-0.39, 0.29) is 0 Å². The van der Waals surface area contributed by atoms with E-state index >= 15 is 0 Å². The van der Waals surface area contributed by atoms with Gasteiger partial charge in [0.25, 0.3) is 0 Å². The first-order chi connectivity index (χ1) is 12.1. The van der Waals surface area contributed by atoms with Crippen LogP contribution in [0.25, 0.3) is 11.4 Å².